The molecule has 5 nitrogen and oxygen atoms in total. The topological polar surface area (TPSA) is 48.3 Å². The van der Waals surface area contributed by atoms with Crippen LogP contribution in [0.15, 0.2) is 30.7 Å². The molecule has 0 atom stereocenters. The van der Waals surface area contributed by atoms with Crippen LogP contribution in [0.4, 0.5) is 0 Å². The summed E-state index contributed by atoms with van der Waals surface area (Å²) in [7, 11) is 3.61. The molecule has 114 valence electrons. The van der Waals surface area contributed by atoms with Gasteiger partial charge in [0.25, 0.3) is 0 Å². The van der Waals surface area contributed by atoms with Crippen molar-refractivity contribution in [3.05, 3.63) is 42.0 Å². The van der Waals surface area contributed by atoms with Crippen molar-refractivity contribution < 1.29 is 9.47 Å². The summed E-state index contributed by atoms with van der Waals surface area (Å²) in [5.74, 6) is 1.51. The Morgan fingerprint density at radius 1 is 1.29 bits per heavy atom. The van der Waals surface area contributed by atoms with Crippen LogP contribution >= 0.6 is 0 Å². The van der Waals surface area contributed by atoms with Crippen LogP contribution in [0, 0.1) is 0 Å². The van der Waals surface area contributed by atoms with Crippen molar-refractivity contribution in [1.29, 1.82) is 0 Å². The van der Waals surface area contributed by atoms with Crippen molar-refractivity contribution in [2.75, 3.05) is 13.7 Å². The Morgan fingerprint density at radius 2 is 2.14 bits per heavy atom. The van der Waals surface area contributed by atoms with Crippen LogP contribution in [0.5, 0.6) is 11.5 Å². The average Bonchev–Trinajstić information content (AvgIpc) is 2.91. The molecule has 0 amide bonds. The van der Waals surface area contributed by atoms with Crippen LogP contribution in [0.1, 0.15) is 24.6 Å². The summed E-state index contributed by atoms with van der Waals surface area (Å²) in [5.41, 5.74) is 2.21. The third-order valence-corrected chi connectivity index (χ3v) is 3.28. The molecule has 0 spiro atoms. The number of nitrogens with zero attached hydrogens (tertiary/aromatic N) is 2. The maximum Gasteiger partial charge on any atom is 0.161 e. The zero-order valence-electron chi connectivity index (χ0n) is 12.9. The highest BCUT2D eigenvalue weighted by molar-refractivity contribution is 5.43. The molecule has 1 aromatic heterocycles. The highest BCUT2D eigenvalue weighted by Crippen LogP contribution is 2.28. The Labute approximate surface area is 125 Å². The van der Waals surface area contributed by atoms with Gasteiger partial charge in [-0.15, -0.1) is 0 Å². The van der Waals surface area contributed by atoms with E-state index in [1.807, 2.05) is 23.7 Å². The molecular weight excluding hydrogens is 266 g/mol. The summed E-state index contributed by atoms with van der Waals surface area (Å²) in [6.07, 6.45) is 4.69. The number of imidazole rings is 1. The normalized spacial score (nSPS) is 10.6. The summed E-state index contributed by atoms with van der Waals surface area (Å²) >= 11 is 0. The molecule has 0 aliphatic carbocycles. The average molecular weight is 289 g/mol. The molecule has 0 fully saturated rings. The minimum absolute atomic E-state index is 0.473. The predicted molar refractivity (Wildman–Crippen MR) is 82.5 cm³/mol. The number of methoxy groups -OCH3 is 1. The van der Waals surface area contributed by atoms with Crippen LogP contribution in [-0.2, 0) is 20.2 Å². The molecule has 1 heterocycles. The zero-order valence-corrected chi connectivity index (χ0v) is 12.9. The van der Waals surface area contributed by atoms with Crippen LogP contribution in [0.3, 0.4) is 0 Å². The van der Waals surface area contributed by atoms with Gasteiger partial charge in [-0.05, 0) is 30.7 Å². The fourth-order valence-corrected chi connectivity index (χ4v) is 2.03. The molecule has 21 heavy (non-hydrogen) atoms. The lowest BCUT2D eigenvalue weighted by molar-refractivity contribution is 0.277. The number of ether oxygens (including phenoxy) is 2. The van der Waals surface area contributed by atoms with Gasteiger partial charge in [-0.25, -0.2) is 4.98 Å². The molecule has 0 bridgehead atoms. The van der Waals surface area contributed by atoms with Gasteiger partial charge in [0, 0.05) is 13.6 Å². The minimum Gasteiger partial charge on any atom is -0.493 e. The second kappa shape index (κ2) is 7.69. The quantitative estimate of drug-likeness (QED) is 0.759. The van der Waals surface area contributed by atoms with Crippen LogP contribution in [-0.4, -0.2) is 23.2 Å². The standard InChI is InChI=1S/C16H23N3O2/c1-4-7-17-9-13-5-6-15(16(8-13)20-3)21-11-14-10-18-12-19(14)2/h5-6,8,10,12,17H,4,7,9,11H2,1-3H3. The number of hydrogen-bond acceptors (Lipinski definition) is 4. The van der Waals surface area contributed by atoms with Crippen molar-refractivity contribution in [2.24, 2.45) is 7.05 Å². The van der Waals surface area contributed by atoms with Gasteiger partial charge in [0.15, 0.2) is 11.5 Å². The molecular formula is C16H23N3O2. The van der Waals surface area contributed by atoms with Gasteiger partial charge < -0.3 is 19.4 Å². The van der Waals surface area contributed by atoms with E-state index in [0.29, 0.717) is 6.61 Å². The Balaban J connectivity index is 2.00. The minimum atomic E-state index is 0.473. The SMILES string of the molecule is CCCNCc1ccc(OCc2cncn2C)c(OC)c1. The number of nitrogens with one attached hydrogen (secondary N) is 1. The van der Waals surface area contributed by atoms with E-state index in [4.69, 9.17) is 9.47 Å². The third kappa shape index (κ3) is 4.23. The summed E-state index contributed by atoms with van der Waals surface area (Å²) in [4.78, 5) is 4.08. The fourth-order valence-electron chi connectivity index (χ4n) is 2.03. The molecule has 0 saturated heterocycles. The summed E-state index contributed by atoms with van der Waals surface area (Å²) in [6.45, 7) is 4.48. The van der Waals surface area contributed by atoms with E-state index >= 15 is 0 Å². The molecule has 2 rings (SSSR count). The van der Waals surface area contributed by atoms with E-state index in [-0.39, 0.29) is 0 Å². The smallest absolute Gasteiger partial charge is 0.161 e. The van der Waals surface area contributed by atoms with Gasteiger partial charge in [-0.3, -0.25) is 0 Å². The second-order valence-corrected chi connectivity index (χ2v) is 4.95. The predicted octanol–water partition coefficient (Wildman–Crippen LogP) is 2.51. The first-order chi connectivity index (χ1) is 10.2. The number of benzene rings is 1. The van der Waals surface area contributed by atoms with E-state index in [0.717, 1.165) is 36.7 Å². The summed E-state index contributed by atoms with van der Waals surface area (Å²) in [5, 5.41) is 3.38. The second-order valence-electron chi connectivity index (χ2n) is 4.95. The lowest BCUT2D eigenvalue weighted by atomic mass is 10.2. The largest absolute Gasteiger partial charge is 0.493 e. The Bertz CT molecular complexity index is 566. The van der Waals surface area contributed by atoms with E-state index < -0.39 is 0 Å². The molecule has 0 saturated carbocycles. The molecule has 1 N–H and O–H groups in total. The van der Waals surface area contributed by atoms with Crippen LogP contribution in [0.2, 0.25) is 0 Å². The number of aryl methyl sites for hydroxylation is 1. The number of aromatic nitrogens is 2. The maximum atomic E-state index is 5.83. The molecule has 2 aromatic rings. The number of rotatable bonds is 8. The Kier molecular flexibility index (Phi) is 5.63. The van der Waals surface area contributed by atoms with Crippen molar-refractivity contribution in [3.8, 4) is 11.5 Å². The van der Waals surface area contributed by atoms with Crippen molar-refractivity contribution in [2.45, 2.75) is 26.5 Å². The number of hydrogen-bond donors (Lipinski definition) is 1. The highest BCUT2D eigenvalue weighted by atomic mass is 16.5. The van der Waals surface area contributed by atoms with E-state index in [1.165, 1.54) is 5.56 Å². The first-order valence-electron chi connectivity index (χ1n) is 7.20. The Morgan fingerprint density at radius 3 is 2.81 bits per heavy atom. The molecule has 0 radical (unpaired) electrons. The lowest BCUT2D eigenvalue weighted by Gasteiger charge is -2.12. The highest BCUT2D eigenvalue weighted by Gasteiger charge is 2.07. The molecule has 0 aliphatic rings. The first kappa shape index (κ1) is 15.4. The molecule has 1 aromatic carbocycles. The third-order valence-electron chi connectivity index (χ3n) is 3.28. The monoisotopic (exact) mass is 289 g/mol. The van der Waals surface area contributed by atoms with Crippen LogP contribution < -0.4 is 14.8 Å². The maximum absolute atomic E-state index is 5.83. The van der Waals surface area contributed by atoms with Gasteiger partial charge >= 0.3 is 0 Å². The van der Waals surface area contributed by atoms with Gasteiger partial charge in [-0.1, -0.05) is 13.0 Å². The van der Waals surface area contributed by atoms with Gasteiger partial charge in [0.1, 0.15) is 6.61 Å². The molecule has 5 heteroatoms. The van der Waals surface area contributed by atoms with Gasteiger partial charge in [-0.2, -0.15) is 0 Å². The van der Waals surface area contributed by atoms with Crippen LogP contribution in [0.25, 0.3) is 0 Å². The van der Waals surface area contributed by atoms with Crippen molar-refractivity contribution in [3.63, 3.8) is 0 Å². The molecule has 0 unspecified atom stereocenters. The lowest BCUT2D eigenvalue weighted by Crippen LogP contribution is -2.13. The zero-order chi connectivity index (χ0) is 15.1. The van der Waals surface area contributed by atoms with Gasteiger partial charge in [0.05, 0.1) is 25.3 Å². The summed E-state index contributed by atoms with van der Waals surface area (Å²) < 4.78 is 13.2. The van der Waals surface area contributed by atoms with E-state index in [9.17, 15) is 0 Å². The summed E-state index contributed by atoms with van der Waals surface area (Å²) in [6, 6.07) is 6.03. The van der Waals surface area contributed by atoms with E-state index in [1.54, 1.807) is 19.6 Å². The van der Waals surface area contributed by atoms with Crippen molar-refractivity contribution in [1.82, 2.24) is 14.9 Å². The van der Waals surface area contributed by atoms with E-state index in [2.05, 4.69) is 23.3 Å². The fraction of sp³-hybridized carbons (Fsp3) is 0.438. The Hall–Kier alpha value is -2.01. The molecule has 0 aliphatic heterocycles. The van der Waals surface area contributed by atoms with Gasteiger partial charge in [0.2, 0.25) is 0 Å². The first-order valence-corrected chi connectivity index (χ1v) is 7.20. The van der Waals surface area contributed by atoms with Crippen molar-refractivity contribution >= 4 is 0 Å².